The van der Waals surface area contributed by atoms with Gasteiger partial charge >= 0.3 is 0 Å². The maximum absolute atomic E-state index is 10.00. The van der Waals surface area contributed by atoms with Gasteiger partial charge < -0.3 is 25.0 Å². The first kappa shape index (κ1) is 13.7. The maximum Gasteiger partial charge on any atom is 0.182 e. The number of H-pyrrole nitrogens is 1. The number of hydrogen-bond acceptors (Lipinski definition) is 8. The van der Waals surface area contributed by atoms with Crippen LogP contribution in [-0.2, 0) is 4.74 Å². The monoisotopic (exact) mass is 298 g/mol. The van der Waals surface area contributed by atoms with Crippen LogP contribution in [0.5, 0.6) is 0 Å². The largest absolute Gasteiger partial charge is 0.394 e. The van der Waals surface area contributed by atoms with Gasteiger partial charge in [-0.3, -0.25) is 0 Å². The van der Waals surface area contributed by atoms with Gasteiger partial charge in [0.1, 0.15) is 35.0 Å². The van der Waals surface area contributed by atoms with E-state index in [-0.39, 0.29) is 12.4 Å². The minimum Gasteiger partial charge on any atom is -0.394 e. The zero-order valence-electron chi connectivity index (χ0n) is 10.6. The minimum atomic E-state index is -1.18. The van der Waals surface area contributed by atoms with E-state index < -0.39 is 24.4 Å². The highest BCUT2D eigenvalue weighted by Gasteiger charge is 2.44. The van der Waals surface area contributed by atoms with Crippen LogP contribution in [0.1, 0.15) is 11.9 Å². The summed E-state index contributed by atoms with van der Waals surface area (Å²) in [6.07, 6.45) is -0.691. The fourth-order valence-corrected chi connectivity index (χ4v) is 2.75. The standard InChI is InChI=1S/C11H14N4O4S/c1-20-11-5-9(13-3-12-5)14-10(15-11)8-7(18)6(17)4(2-16)19-8/h3-4,6-8,16-18H,2H2,1H3,(H,12,13,14,15)/t4-,6-,7+,8?/m1/s1. The highest BCUT2D eigenvalue weighted by atomic mass is 32.2. The number of thioether (sulfide) groups is 1. The van der Waals surface area contributed by atoms with E-state index >= 15 is 0 Å². The average Bonchev–Trinajstić information content (AvgIpc) is 3.04. The summed E-state index contributed by atoms with van der Waals surface area (Å²) in [6.45, 7) is -0.380. The number of rotatable bonds is 3. The summed E-state index contributed by atoms with van der Waals surface area (Å²) in [7, 11) is 0. The van der Waals surface area contributed by atoms with Crippen LogP contribution in [0.4, 0.5) is 0 Å². The van der Waals surface area contributed by atoms with Crippen molar-refractivity contribution >= 4 is 22.9 Å². The molecule has 1 saturated heterocycles. The van der Waals surface area contributed by atoms with Gasteiger partial charge in [-0.1, -0.05) is 0 Å². The lowest BCUT2D eigenvalue weighted by molar-refractivity contribution is -0.0253. The molecule has 108 valence electrons. The first-order valence-electron chi connectivity index (χ1n) is 6.03. The van der Waals surface area contributed by atoms with Crippen molar-refractivity contribution in [3.63, 3.8) is 0 Å². The quantitative estimate of drug-likeness (QED) is 0.430. The summed E-state index contributed by atoms with van der Waals surface area (Å²) in [4.78, 5) is 15.6. The molecule has 20 heavy (non-hydrogen) atoms. The SMILES string of the molecule is CSc1nc(C2O[C@H](CO)[C@@H](O)[C@@H]2O)nc2nc[nH]c12. The molecule has 0 aromatic carbocycles. The van der Waals surface area contributed by atoms with E-state index in [0.717, 1.165) is 0 Å². The molecule has 2 aromatic rings. The second kappa shape index (κ2) is 5.26. The number of aromatic amines is 1. The summed E-state index contributed by atoms with van der Waals surface area (Å²) in [5, 5.41) is 29.5. The van der Waals surface area contributed by atoms with Gasteiger partial charge in [0.25, 0.3) is 0 Å². The molecule has 0 aliphatic carbocycles. The number of aromatic nitrogens is 4. The molecule has 1 aliphatic heterocycles. The Balaban J connectivity index is 2.02. The van der Waals surface area contributed by atoms with Crippen LogP contribution in [0.25, 0.3) is 11.2 Å². The summed E-state index contributed by atoms with van der Waals surface area (Å²) in [6, 6.07) is 0. The Bertz CT molecular complexity index is 621. The number of nitrogens with one attached hydrogen (secondary N) is 1. The molecular formula is C11H14N4O4S. The highest BCUT2D eigenvalue weighted by Crippen LogP contribution is 2.33. The minimum absolute atomic E-state index is 0.247. The van der Waals surface area contributed by atoms with E-state index in [0.29, 0.717) is 16.2 Å². The molecule has 0 saturated carbocycles. The molecule has 3 heterocycles. The highest BCUT2D eigenvalue weighted by molar-refractivity contribution is 7.98. The predicted molar refractivity (Wildman–Crippen MR) is 70.2 cm³/mol. The van der Waals surface area contributed by atoms with Crippen molar-refractivity contribution in [1.29, 1.82) is 0 Å². The van der Waals surface area contributed by atoms with Crippen molar-refractivity contribution in [3.8, 4) is 0 Å². The Morgan fingerprint density at radius 3 is 2.80 bits per heavy atom. The lowest BCUT2D eigenvalue weighted by Gasteiger charge is -2.13. The van der Waals surface area contributed by atoms with Crippen LogP contribution in [0, 0.1) is 0 Å². The summed E-state index contributed by atoms with van der Waals surface area (Å²) in [5.41, 5.74) is 1.19. The number of nitrogens with zero attached hydrogens (tertiary/aromatic N) is 3. The van der Waals surface area contributed by atoms with Gasteiger partial charge in [0.2, 0.25) is 0 Å². The van der Waals surface area contributed by atoms with Crippen molar-refractivity contribution in [2.45, 2.75) is 29.4 Å². The molecule has 3 rings (SSSR count). The Hall–Kier alpha value is -1.26. The lowest BCUT2D eigenvalue weighted by atomic mass is 10.1. The van der Waals surface area contributed by atoms with Gasteiger partial charge in [0, 0.05) is 0 Å². The molecule has 4 atom stereocenters. The fraction of sp³-hybridized carbons (Fsp3) is 0.545. The zero-order chi connectivity index (χ0) is 14.3. The third-order valence-corrected chi connectivity index (χ3v) is 3.94. The Labute approximate surface area is 118 Å². The van der Waals surface area contributed by atoms with Crippen LogP contribution in [0.15, 0.2) is 11.4 Å². The molecule has 2 aromatic heterocycles. The Morgan fingerprint density at radius 2 is 2.15 bits per heavy atom. The first-order chi connectivity index (χ1) is 9.65. The van der Waals surface area contributed by atoms with Gasteiger partial charge in [0.15, 0.2) is 11.5 Å². The second-order valence-electron chi connectivity index (χ2n) is 4.45. The van der Waals surface area contributed by atoms with E-state index in [9.17, 15) is 10.2 Å². The zero-order valence-corrected chi connectivity index (χ0v) is 11.4. The molecule has 0 radical (unpaired) electrons. The number of ether oxygens (including phenoxy) is 1. The molecule has 0 bridgehead atoms. The lowest BCUT2D eigenvalue weighted by Crippen LogP contribution is -2.32. The van der Waals surface area contributed by atoms with Crippen LogP contribution < -0.4 is 0 Å². The molecule has 1 fully saturated rings. The summed E-state index contributed by atoms with van der Waals surface area (Å²) in [5.74, 6) is 0.247. The van der Waals surface area contributed by atoms with Crippen LogP contribution >= 0.6 is 11.8 Å². The normalized spacial score (nSPS) is 30.2. The van der Waals surface area contributed by atoms with E-state index in [1.54, 1.807) is 0 Å². The first-order valence-corrected chi connectivity index (χ1v) is 7.25. The number of hydrogen-bond donors (Lipinski definition) is 4. The van der Waals surface area contributed by atoms with E-state index in [1.807, 2.05) is 6.26 Å². The molecule has 9 heteroatoms. The molecule has 0 spiro atoms. The van der Waals surface area contributed by atoms with E-state index in [4.69, 9.17) is 9.84 Å². The van der Waals surface area contributed by atoms with E-state index in [2.05, 4.69) is 19.9 Å². The Kier molecular flexibility index (Phi) is 3.61. The molecule has 1 unspecified atom stereocenters. The van der Waals surface area contributed by atoms with Crippen LogP contribution in [0.3, 0.4) is 0 Å². The van der Waals surface area contributed by atoms with Crippen molar-refractivity contribution in [3.05, 3.63) is 12.2 Å². The number of fused-ring (bicyclic) bond motifs is 1. The topological polar surface area (TPSA) is 124 Å². The van der Waals surface area contributed by atoms with E-state index in [1.165, 1.54) is 18.1 Å². The van der Waals surface area contributed by atoms with Crippen molar-refractivity contribution in [2.24, 2.45) is 0 Å². The number of imidazole rings is 1. The predicted octanol–water partition coefficient (Wildman–Crippen LogP) is -0.771. The maximum atomic E-state index is 10.00. The molecule has 8 nitrogen and oxygen atoms in total. The third kappa shape index (κ3) is 2.07. The van der Waals surface area contributed by atoms with Crippen molar-refractivity contribution in [2.75, 3.05) is 12.9 Å². The molecular weight excluding hydrogens is 284 g/mol. The number of aliphatic hydroxyl groups is 3. The summed E-state index contributed by atoms with van der Waals surface area (Å²) >= 11 is 1.41. The van der Waals surface area contributed by atoms with Crippen LogP contribution in [-0.4, -0.2) is 66.4 Å². The fourth-order valence-electron chi connectivity index (χ4n) is 2.21. The second-order valence-corrected chi connectivity index (χ2v) is 5.25. The van der Waals surface area contributed by atoms with Gasteiger partial charge in [-0.2, -0.15) is 0 Å². The van der Waals surface area contributed by atoms with Gasteiger partial charge in [-0.15, -0.1) is 11.8 Å². The average molecular weight is 298 g/mol. The third-order valence-electron chi connectivity index (χ3n) is 3.26. The van der Waals surface area contributed by atoms with Gasteiger partial charge in [0.05, 0.1) is 12.9 Å². The molecule has 0 amide bonds. The Morgan fingerprint density at radius 1 is 1.35 bits per heavy atom. The molecule has 4 N–H and O–H groups in total. The molecule has 1 aliphatic rings. The van der Waals surface area contributed by atoms with Crippen molar-refractivity contribution in [1.82, 2.24) is 19.9 Å². The van der Waals surface area contributed by atoms with Crippen LogP contribution in [0.2, 0.25) is 0 Å². The number of aliphatic hydroxyl groups excluding tert-OH is 3. The van der Waals surface area contributed by atoms with Gasteiger partial charge in [-0.25, -0.2) is 15.0 Å². The smallest absolute Gasteiger partial charge is 0.182 e. The van der Waals surface area contributed by atoms with Crippen molar-refractivity contribution < 1.29 is 20.1 Å². The summed E-state index contributed by atoms with van der Waals surface area (Å²) < 4.78 is 5.42. The van der Waals surface area contributed by atoms with Gasteiger partial charge in [-0.05, 0) is 6.26 Å².